The lowest BCUT2D eigenvalue weighted by Crippen LogP contribution is -2.23. The fourth-order valence-corrected chi connectivity index (χ4v) is 7.99. The third-order valence-corrected chi connectivity index (χ3v) is 10.5. The van der Waals surface area contributed by atoms with Gasteiger partial charge >= 0.3 is 0 Å². The van der Waals surface area contributed by atoms with E-state index in [1.807, 2.05) is 0 Å². The highest BCUT2D eigenvalue weighted by Gasteiger charge is 2.28. The van der Waals surface area contributed by atoms with Crippen LogP contribution in [0.5, 0.6) is 0 Å². The van der Waals surface area contributed by atoms with Crippen molar-refractivity contribution >= 4 is 0 Å². The molecular formula is C36H58. The Morgan fingerprint density at radius 2 is 1.22 bits per heavy atom. The molecule has 2 unspecified atom stereocenters. The van der Waals surface area contributed by atoms with Crippen molar-refractivity contribution in [3.63, 3.8) is 0 Å². The van der Waals surface area contributed by atoms with Crippen LogP contribution in [0.4, 0.5) is 0 Å². The van der Waals surface area contributed by atoms with Gasteiger partial charge in [0.25, 0.3) is 0 Å². The van der Waals surface area contributed by atoms with Gasteiger partial charge in [-0.1, -0.05) is 114 Å². The Kier molecular flexibility index (Phi) is 12.0. The van der Waals surface area contributed by atoms with Crippen molar-refractivity contribution in [2.75, 3.05) is 0 Å². The van der Waals surface area contributed by atoms with Crippen LogP contribution in [-0.4, -0.2) is 0 Å². The summed E-state index contributed by atoms with van der Waals surface area (Å²) in [6.07, 6.45) is 34.3. The van der Waals surface area contributed by atoms with E-state index in [1.54, 1.807) is 5.56 Å². The Labute approximate surface area is 225 Å². The first-order chi connectivity index (χ1) is 17.7. The summed E-state index contributed by atoms with van der Waals surface area (Å²) in [7, 11) is 0. The van der Waals surface area contributed by atoms with Crippen LogP contribution in [0.15, 0.2) is 36.4 Å². The van der Waals surface area contributed by atoms with Crippen molar-refractivity contribution in [2.45, 2.75) is 148 Å². The molecule has 0 saturated heterocycles. The van der Waals surface area contributed by atoms with E-state index in [1.165, 1.54) is 134 Å². The molecule has 1 aromatic carbocycles. The molecule has 2 saturated carbocycles. The molecule has 2 atom stereocenters. The molecule has 0 heterocycles. The number of aryl methyl sites for hydroxylation is 1. The number of allylic oxidation sites excluding steroid dienone is 2. The minimum Gasteiger partial charge on any atom is -0.0851 e. The zero-order valence-corrected chi connectivity index (χ0v) is 24.1. The molecule has 0 N–H and O–H groups in total. The van der Waals surface area contributed by atoms with E-state index in [2.05, 4.69) is 50.3 Å². The summed E-state index contributed by atoms with van der Waals surface area (Å²) in [6, 6.07) is 9.63. The first kappa shape index (κ1) is 28.0. The normalized spacial score (nSPS) is 30.9. The maximum Gasteiger partial charge on any atom is -0.0162 e. The van der Waals surface area contributed by atoms with Crippen LogP contribution < -0.4 is 0 Å². The molecule has 0 aromatic heterocycles. The highest BCUT2D eigenvalue weighted by molar-refractivity contribution is 5.25. The average molecular weight is 491 g/mol. The van der Waals surface area contributed by atoms with E-state index in [-0.39, 0.29) is 0 Å². The van der Waals surface area contributed by atoms with Gasteiger partial charge in [0.05, 0.1) is 0 Å². The van der Waals surface area contributed by atoms with Crippen LogP contribution in [0, 0.1) is 29.6 Å². The Hall–Kier alpha value is -1.04. The van der Waals surface area contributed by atoms with Crippen LogP contribution in [-0.2, 0) is 6.42 Å². The highest BCUT2D eigenvalue weighted by Crippen LogP contribution is 2.41. The largest absolute Gasteiger partial charge is 0.0851 e. The van der Waals surface area contributed by atoms with Crippen LogP contribution in [0.25, 0.3) is 0 Å². The smallest absolute Gasteiger partial charge is 0.0162 e. The fourth-order valence-electron chi connectivity index (χ4n) is 7.99. The van der Waals surface area contributed by atoms with E-state index < -0.39 is 0 Å². The van der Waals surface area contributed by atoms with Gasteiger partial charge in [-0.3, -0.25) is 0 Å². The number of unbranched alkanes of at least 4 members (excludes halogenated alkanes) is 3. The monoisotopic (exact) mass is 490 g/mol. The molecule has 202 valence electrons. The second-order valence-corrected chi connectivity index (χ2v) is 13.2. The van der Waals surface area contributed by atoms with E-state index in [0.717, 1.165) is 35.5 Å². The molecule has 36 heavy (non-hydrogen) atoms. The van der Waals surface area contributed by atoms with E-state index in [4.69, 9.17) is 0 Å². The molecule has 2 fully saturated rings. The molecule has 0 bridgehead atoms. The van der Waals surface area contributed by atoms with Gasteiger partial charge in [0.15, 0.2) is 0 Å². The Balaban J connectivity index is 1.05. The molecule has 1 aromatic rings. The predicted molar refractivity (Wildman–Crippen MR) is 159 cm³/mol. The van der Waals surface area contributed by atoms with E-state index in [9.17, 15) is 0 Å². The fraction of sp³-hybridized carbons (Fsp3) is 0.778. The molecule has 0 aliphatic heterocycles. The molecule has 3 aliphatic carbocycles. The summed E-state index contributed by atoms with van der Waals surface area (Å²) in [4.78, 5) is 0. The molecule has 0 amide bonds. The number of rotatable bonds is 13. The maximum absolute atomic E-state index is 2.65. The third kappa shape index (κ3) is 8.77. The van der Waals surface area contributed by atoms with Gasteiger partial charge in [0, 0.05) is 0 Å². The second-order valence-electron chi connectivity index (χ2n) is 13.2. The summed E-state index contributed by atoms with van der Waals surface area (Å²) < 4.78 is 0. The summed E-state index contributed by atoms with van der Waals surface area (Å²) in [6.45, 7) is 4.60. The quantitative estimate of drug-likeness (QED) is 0.190. The minimum atomic E-state index is 0.832. The lowest BCUT2D eigenvalue weighted by molar-refractivity contribution is 0.201. The number of hydrogen-bond donors (Lipinski definition) is 0. The molecule has 0 radical (unpaired) electrons. The minimum absolute atomic E-state index is 0.832. The van der Waals surface area contributed by atoms with E-state index >= 15 is 0 Å². The van der Waals surface area contributed by atoms with Gasteiger partial charge in [0.2, 0.25) is 0 Å². The van der Waals surface area contributed by atoms with E-state index in [0.29, 0.717) is 0 Å². The summed E-state index contributed by atoms with van der Waals surface area (Å²) in [5, 5.41) is 0. The van der Waals surface area contributed by atoms with Crippen LogP contribution >= 0.6 is 0 Å². The van der Waals surface area contributed by atoms with Crippen LogP contribution in [0.2, 0.25) is 0 Å². The van der Waals surface area contributed by atoms with Gasteiger partial charge in [0.1, 0.15) is 0 Å². The SMILES string of the molecule is CCCCCC1C=CC(C2CCC(CCCCC3CCC(c4ccc(CCC)cc4)CC3)CC2)CC1. The lowest BCUT2D eigenvalue weighted by atomic mass is 9.70. The first-order valence-electron chi connectivity index (χ1n) is 16.5. The number of hydrogen-bond acceptors (Lipinski definition) is 0. The van der Waals surface area contributed by atoms with Crippen molar-refractivity contribution in [2.24, 2.45) is 29.6 Å². The molecule has 0 nitrogen and oxygen atoms in total. The summed E-state index contributed by atoms with van der Waals surface area (Å²) in [5.41, 5.74) is 3.12. The van der Waals surface area contributed by atoms with Crippen molar-refractivity contribution in [3.8, 4) is 0 Å². The predicted octanol–water partition coefficient (Wildman–Crippen LogP) is 11.4. The zero-order valence-electron chi connectivity index (χ0n) is 24.1. The molecule has 0 spiro atoms. The van der Waals surface area contributed by atoms with Gasteiger partial charge in [-0.05, 0) is 111 Å². The third-order valence-electron chi connectivity index (χ3n) is 10.5. The molecular weight excluding hydrogens is 432 g/mol. The number of benzene rings is 1. The van der Waals surface area contributed by atoms with Crippen molar-refractivity contribution in [1.82, 2.24) is 0 Å². The topological polar surface area (TPSA) is 0 Å². The van der Waals surface area contributed by atoms with Gasteiger partial charge < -0.3 is 0 Å². The zero-order chi connectivity index (χ0) is 25.0. The highest BCUT2D eigenvalue weighted by atomic mass is 14.3. The van der Waals surface area contributed by atoms with Crippen molar-refractivity contribution in [1.29, 1.82) is 0 Å². The lowest BCUT2D eigenvalue weighted by Gasteiger charge is -2.35. The summed E-state index contributed by atoms with van der Waals surface area (Å²) in [5.74, 6) is 5.71. The van der Waals surface area contributed by atoms with Crippen molar-refractivity contribution in [3.05, 3.63) is 47.5 Å². The first-order valence-corrected chi connectivity index (χ1v) is 16.5. The van der Waals surface area contributed by atoms with Crippen LogP contribution in [0.1, 0.15) is 153 Å². The maximum atomic E-state index is 2.65. The van der Waals surface area contributed by atoms with Crippen LogP contribution in [0.3, 0.4) is 0 Å². The Bertz CT molecular complexity index is 726. The van der Waals surface area contributed by atoms with Gasteiger partial charge in [-0.2, -0.15) is 0 Å². The average Bonchev–Trinajstić information content (AvgIpc) is 2.93. The Morgan fingerprint density at radius 1 is 0.583 bits per heavy atom. The molecule has 4 rings (SSSR count). The Morgan fingerprint density at radius 3 is 1.81 bits per heavy atom. The van der Waals surface area contributed by atoms with Gasteiger partial charge in [-0.25, -0.2) is 0 Å². The molecule has 3 aliphatic rings. The molecule has 0 heteroatoms. The summed E-state index contributed by atoms with van der Waals surface area (Å²) >= 11 is 0. The van der Waals surface area contributed by atoms with Gasteiger partial charge in [-0.15, -0.1) is 0 Å². The standard InChI is InChI=1S/C36H58/c1-3-5-6-10-30-15-23-35(24-16-30)36-27-19-32(20-28-36)12-8-7-11-31-17-25-34(26-18-31)33-21-13-29(9-4-2)14-22-33/h13-15,21-23,30-32,34-36H,3-12,16-20,24-28H2,1-2H3. The second kappa shape index (κ2) is 15.4. The van der Waals surface area contributed by atoms with Crippen molar-refractivity contribution < 1.29 is 0 Å².